The summed E-state index contributed by atoms with van der Waals surface area (Å²) in [6.45, 7) is 1.94. The van der Waals surface area contributed by atoms with Crippen LogP contribution in [0, 0.1) is 0 Å². The summed E-state index contributed by atoms with van der Waals surface area (Å²) in [7, 11) is 1.58. The number of hydrogen-bond acceptors (Lipinski definition) is 3. The Morgan fingerprint density at radius 3 is 2.83 bits per heavy atom. The number of urea groups is 1. The Balaban J connectivity index is 1.52. The number of amides is 2. The molecule has 2 aromatic rings. The van der Waals surface area contributed by atoms with Gasteiger partial charge in [-0.3, -0.25) is 0 Å². The minimum absolute atomic E-state index is 0.110. The lowest BCUT2D eigenvalue weighted by Crippen LogP contribution is -2.38. The molecule has 2 amide bonds. The van der Waals surface area contributed by atoms with E-state index < -0.39 is 0 Å². The topological polar surface area (TPSA) is 63.2 Å². The summed E-state index contributed by atoms with van der Waals surface area (Å²) in [5.74, 6) is 0.973. The van der Waals surface area contributed by atoms with Crippen LogP contribution in [0.15, 0.2) is 48.7 Å². The Bertz CT molecular complexity index is 675. The number of nitrogens with one attached hydrogen (secondary N) is 2. The molecule has 2 N–H and O–H groups in total. The van der Waals surface area contributed by atoms with Crippen LogP contribution < -0.4 is 15.4 Å². The number of pyridine rings is 1. The number of aromatic nitrogens is 1. The molecule has 3 atom stereocenters. The SMILES string of the molecule is COc1cc(C(C)NC(=O)N[C@@H]2C[C@H]2c2ccccc2)ccn1. The van der Waals surface area contributed by atoms with Gasteiger partial charge in [-0.2, -0.15) is 0 Å². The van der Waals surface area contributed by atoms with Gasteiger partial charge in [-0.05, 0) is 30.5 Å². The second kappa shape index (κ2) is 6.69. The third-order valence-electron chi connectivity index (χ3n) is 4.15. The molecule has 1 aromatic carbocycles. The average Bonchev–Trinajstić information content (AvgIpc) is 3.34. The van der Waals surface area contributed by atoms with E-state index in [2.05, 4.69) is 27.8 Å². The van der Waals surface area contributed by atoms with Crippen molar-refractivity contribution in [3.8, 4) is 5.88 Å². The fourth-order valence-electron chi connectivity index (χ4n) is 2.72. The van der Waals surface area contributed by atoms with Crippen molar-refractivity contribution in [3.63, 3.8) is 0 Å². The van der Waals surface area contributed by atoms with Crippen molar-refractivity contribution in [2.24, 2.45) is 0 Å². The van der Waals surface area contributed by atoms with Gasteiger partial charge in [0.2, 0.25) is 5.88 Å². The molecule has 3 rings (SSSR count). The van der Waals surface area contributed by atoms with E-state index in [9.17, 15) is 4.79 Å². The Kier molecular flexibility index (Phi) is 4.46. The molecule has 1 aliphatic carbocycles. The number of nitrogens with zero attached hydrogens (tertiary/aromatic N) is 1. The maximum absolute atomic E-state index is 12.1. The predicted octanol–water partition coefficient (Wildman–Crippen LogP) is 3.01. The van der Waals surface area contributed by atoms with Crippen LogP contribution in [0.5, 0.6) is 5.88 Å². The van der Waals surface area contributed by atoms with E-state index in [0.717, 1.165) is 12.0 Å². The predicted molar refractivity (Wildman–Crippen MR) is 88.5 cm³/mol. The minimum Gasteiger partial charge on any atom is -0.481 e. The summed E-state index contributed by atoms with van der Waals surface area (Å²) in [4.78, 5) is 16.2. The lowest BCUT2D eigenvalue weighted by Gasteiger charge is -2.15. The summed E-state index contributed by atoms with van der Waals surface area (Å²) >= 11 is 0. The van der Waals surface area contributed by atoms with Crippen molar-refractivity contribution in [2.45, 2.75) is 31.3 Å². The fraction of sp³-hybridized carbons (Fsp3) is 0.333. The smallest absolute Gasteiger partial charge is 0.315 e. The van der Waals surface area contributed by atoms with E-state index in [1.54, 1.807) is 13.3 Å². The molecule has 1 aromatic heterocycles. The van der Waals surface area contributed by atoms with Gasteiger partial charge >= 0.3 is 6.03 Å². The van der Waals surface area contributed by atoms with E-state index in [0.29, 0.717) is 11.8 Å². The highest BCUT2D eigenvalue weighted by atomic mass is 16.5. The highest BCUT2D eigenvalue weighted by Gasteiger charge is 2.39. The summed E-state index contributed by atoms with van der Waals surface area (Å²) in [5.41, 5.74) is 2.24. The Labute approximate surface area is 136 Å². The van der Waals surface area contributed by atoms with Crippen LogP contribution in [0.2, 0.25) is 0 Å². The van der Waals surface area contributed by atoms with E-state index in [-0.39, 0.29) is 18.1 Å². The van der Waals surface area contributed by atoms with Crippen molar-refractivity contribution >= 4 is 6.03 Å². The molecule has 1 aliphatic rings. The van der Waals surface area contributed by atoms with Crippen LogP contribution in [0.4, 0.5) is 4.79 Å². The molecule has 120 valence electrons. The molecule has 5 heteroatoms. The highest BCUT2D eigenvalue weighted by Crippen LogP contribution is 2.40. The fourth-order valence-corrected chi connectivity index (χ4v) is 2.72. The van der Waals surface area contributed by atoms with Gasteiger partial charge < -0.3 is 15.4 Å². The Hall–Kier alpha value is -2.56. The first-order chi connectivity index (χ1) is 11.2. The van der Waals surface area contributed by atoms with E-state index >= 15 is 0 Å². The molecule has 0 radical (unpaired) electrons. The number of hydrogen-bond donors (Lipinski definition) is 2. The van der Waals surface area contributed by atoms with Crippen LogP contribution in [0.25, 0.3) is 0 Å². The van der Waals surface area contributed by atoms with Gasteiger partial charge in [-0.25, -0.2) is 9.78 Å². The summed E-state index contributed by atoms with van der Waals surface area (Å²) < 4.78 is 5.11. The lowest BCUT2D eigenvalue weighted by molar-refractivity contribution is 0.237. The second-order valence-corrected chi connectivity index (χ2v) is 5.83. The monoisotopic (exact) mass is 311 g/mol. The quantitative estimate of drug-likeness (QED) is 0.892. The number of carbonyl (C=O) groups is 1. The molecular weight excluding hydrogens is 290 g/mol. The van der Waals surface area contributed by atoms with Crippen molar-refractivity contribution < 1.29 is 9.53 Å². The molecule has 0 bridgehead atoms. The van der Waals surface area contributed by atoms with Crippen LogP contribution in [0.3, 0.4) is 0 Å². The van der Waals surface area contributed by atoms with Gasteiger partial charge in [-0.1, -0.05) is 30.3 Å². The van der Waals surface area contributed by atoms with Gasteiger partial charge in [-0.15, -0.1) is 0 Å². The zero-order valence-electron chi connectivity index (χ0n) is 13.3. The third kappa shape index (κ3) is 3.80. The first-order valence-electron chi connectivity index (χ1n) is 7.79. The van der Waals surface area contributed by atoms with Crippen LogP contribution >= 0.6 is 0 Å². The molecule has 5 nitrogen and oxygen atoms in total. The van der Waals surface area contributed by atoms with Crippen molar-refractivity contribution in [1.82, 2.24) is 15.6 Å². The van der Waals surface area contributed by atoms with Crippen molar-refractivity contribution in [2.75, 3.05) is 7.11 Å². The van der Waals surface area contributed by atoms with Gasteiger partial charge in [0, 0.05) is 24.2 Å². The molecule has 1 fully saturated rings. The molecule has 0 saturated heterocycles. The molecule has 0 spiro atoms. The molecule has 23 heavy (non-hydrogen) atoms. The molecule has 1 unspecified atom stereocenters. The molecular formula is C18H21N3O2. The number of benzene rings is 1. The maximum atomic E-state index is 12.1. The first-order valence-corrected chi connectivity index (χ1v) is 7.79. The Morgan fingerprint density at radius 2 is 2.09 bits per heavy atom. The van der Waals surface area contributed by atoms with Gasteiger partial charge in [0.25, 0.3) is 0 Å². The number of ether oxygens (including phenoxy) is 1. The second-order valence-electron chi connectivity index (χ2n) is 5.83. The first kappa shape index (κ1) is 15.3. The van der Waals surface area contributed by atoms with Gasteiger partial charge in [0.05, 0.1) is 13.2 Å². The average molecular weight is 311 g/mol. The zero-order chi connectivity index (χ0) is 16.2. The number of methoxy groups -OCH3 is 1. The third-order valence-corrected chi connectivity index (χ3v) is 4.15. The number of rotatable bonds is 5. The van der Waals surface area contributed by atoms with Crippen LogP contribution in [0.1, 0.15) is 36.4 Å². The van der Waals surface area contributed by atoms with E-state index in [1.807, 2.05) is 37.3 Å². The molecule has 1 heterocycles. The highest BCUT2D eigenvalue weighted by molar-refractivity contribution is 5.75. The summed E-state index contributed by atoms with van der Waals surface area (Å²) in [6, 6.07) is 14.0. The van der Waals surface area contributed by atoms with Crippen molar-refractivity contribution in [1.29, 1.82) is 0 Å². The van der Waals surface area contributed by atoms with Gasteiger partial charge in [0.15, 0.2) is 0 Å². The summed E-state index contributed by atoms with van der Waals surface area (Å²) in [5, 5.41) is 5.99. The largest absolute Gasteiger partial charge is 0.481 e. The zero-order valence-corrected chi connectivity index (χ0v) is 13.3. The van der Waals surface area contributed by atoms with Crippen LogP contribution in [-0.4, -0.2) is 24.2 Å². The standard InChI is InChI=1S/C18H21N3O2/c1-12(14-8-9-19-17(10-14)23-2)20-18(22)21-16-11-15(16)13-6-4-3-5-7-13/h3-10,12,15-16H,11H2,1-2H3,(H2,20,21,22)/t12?,15-,16+/m0/s1. The summed E-state index contributed by atoms with van der Waals surface area (Å²) in [6.07, 6.45) is 2.67. The Morgan fingerprint density at radius 1 is 1.30 bits per heavy atom. The minimum atomic E-state index is -0.142. The number of carbonyl (C=O) groups excluding carboxylic acids is 1. The van der Waals surface area contributed by atoms with Crippen LogP contribution in [-0.2, 0) is 0 Å². The lowest BCUT2D eigenvalue weighted by atomic mass is 10.1. The normalized spacial score (nSPS) is 20.4. The van der Waals surface area contributed by atoms with E-state index in [1.165, 1.54) is 5.56 Å². The molecule has 0 aliphatic heterocycles. The molecule has 1 saturated carbocycles. The maximum Gasteiger partial charge on any atom is 0.315 e. The van der Waals surface area contributed by atoms with Gasteiger partial charge in [0.1, 0.15) is 0 Å². The van der Waals surface area contributed by atoms with E-state index in [4.69, 9.17) is 4.74 Å². The van der Waals surface area contributed by atoms with Crippen molar-refractivity contribution in [3.05, 3.63) is 59.8 Å².